The fourth-order valence-corrected chi connectivity index (χ4v) is 1.89. The van der Waals surface area contributed by atoms with Gasteiger partial charge in [0.1, 0.15) is 6.33 Å². The first kappa shape index (κ1) is 11.2. The number of hydrogen-bond acceptors (Lipinski definition) is 3. The Morgan fingerprint density at radius 2 is 2.06 bits per heavy atom. The molecule has 0 amide bonds. The van der Waals surface area contributed by atoms with Gasteiger partial charge in [0, 0.05) is 22.2 Å². The summed E-state index contributed by atoms with van der Waals surface area (Å²) in [5, 5.41) is 0. The Kier molecular flexibility index (Phi) is 3.64. The Bertz CT molecular complexity index is 485. The van der Waals surface area contributed by atoms with Crippen LogP contribution < -0.4 is 5.73 Å². The fraction of sp³-hybridized carbons (Fsp3) is 0.167. The summed E-state index contributed by atoms with van der Waals surface area (Å²) in [6.07, 6.45) is 2.37. The highest BCUT2D eigenvalue weighted by atomic mass is 79.9. The number of rotatable bonds is 3. The molecule has 0 unspecified atom stereocenters. The van der Waals surface area contributed by atoms with Crippen molar-refractivity contribution in [3.8, 4) is 11.3 Å². The minimum atomic E-state index is 0.606. The molecule has 0 saturated carbocycles. The average molecular weight is 278 g/mol. The van der Waals surface area contributed by atoms with Gasteiger partial charge >= 0.3 is 0 Å². The van der Waals surface area contributed by atoms with E-state index in [-0.39, 0.29) is 0 Å². The van der Waals surface area contributed by atoms with Crippen molar-refractivity contribution in [1.29, 1.82) is 0 Å². The molecular weight excluding hydrogens is 266 g/mol. The van der Waals surface area contributed by atoms with Crippen LogP contribution in [0.1, 0.15) is 5.69 Å². The summed E-state index contributed by atoms with van der Waals surface area (Å²) in [5.74, 6) is 0. The first-order valence-corrected chi connectivity index (χ1v) is 5.86. The van der Waals surface area contributed by atoms with E-state index in [1.165, 1.54) is 0 Å². The summed E-state index contributed by atoms with van der Waals surface area (Å²) in [4.78, 5) is 8.43. The van der Waals surface area contributed by atoms with E-state index >= 15 is 0 Å². The van der Waals surface area contributed by atoms with Gasteiger partial charge in [-0.2, -0.15) is 0 Å². The fourth-order valence-electron chi connectivity index (χ4n) is 1.49. The van der Waals surface area contributed by atoms with Crippen LogP contribution >= 0.6 is 15.9 Å². The van der Waals surface area contributed by atoms with Crippen molar-refractivity contribution in [2.45, 2.75) is 6.42 Å². The number of benzene rings is 1. The Balaban J connectivity index is 2.36. The summed E-state index contributed by atoms with van der Waals surface area (Å²) in [6, 6.07) is 10.0. The van der Waals surface area contributed by atoms with Gasteiger partial charge in [0.2, 0.25) is 0 Å². The normalized spacial score (nSPS) is 10.4. The predicted octanol–water partition coefficient (Wildman–Crippen LogP) is 2.41. The maximum absolute atomic E-state index is 5.51. The zero-order valence-corrected chi connectivity index (χ0v) is 10.3. The van der Waals surface area contributed by atoms with Crippen molar-refractivity contribution in [2.24, 2.45) is 5.73 Å². The number of nitrogens with two attached hydrogens (primary N) is 1. The Morgan fingerprint density at radius 3 is 2.81 bits per heavy atom. The quantitative estimate of drug-likeness (QED) is 0.938. The average Bonchev–Trinajstić information content (AvgIpc) is 2.30. The summed E-state index contributed by atoms with van der Waals surface area (Å²) in [5.41, 5.74) is 8.49. The van der Waals surface area contributed by atoms with E-state index in [4.69, 9.17) is 5.73 Å². The molecule has 16 heavy (non-hydrogen) atoms. The first-order chi connectivity index (χ1) is 7.79. The van der Waals surface area contributed by atoms with Crippen LogP contribution in [0.15, 0.2) is 41.1 Å². The molecule has 2 N–H and O–H groups in total. The topological polar surface area (TPSA) is 51.8 Å². The van der Waals surface area contributed by atoms with E-state index in [1.54, 1.807) is 6.33 Å². The van der Waals surface area contributed by atoms with Crippen LogP contribution in [0.4, 0.5) is 0 Å². The molecule has 2 aromatic rings. The second-order valence-electron chi connectivity index (χ2n) is 3.44. The van der Waals surface area contributed by atoms with Gasteiger partial charge in [-0.15, -0.1) is 0 Å². The molecule has 0 fully saturated rings. The predicted molar refractivity (Wildman–Crippen MR) is 67.9 cm³/mol. The van der Waals surface area contributed by atoms with Crippen molar-refractivity contribution < 1.29 is 0 Å². The van der Waals surface area contributed by atoms with Crippen LogP contribution in [-0.2, 0) is 6.42 Å². The number of nitrogens with zero attached hydrogens (tertiary/aromatic N) is 2. The lowest BCUT2D eigenvalue weighted by molar-refractivity contribution is 0.911. The second kappa shape index (κ2) is 5.18. The highest BCUT2D eigenvalue weighted by Gasteiger charge is 2.01. The molecule has 0 saturated heterocycles. The Labute approximate surface area is 103 Å². The third kappa shape index (κ3) is 2.65. The van der Waals surface area contributed by atoms with E-state index in [0.717, 1.165) is 27.8 Å². The lowest BCUT2D eigenvalue weighted by atomic mass is 10.1. The summed E-state index contributed by atoms with van der Waals surface area (Å²) >= 11 is 3.45. The third-order valence-electron chi connectivity index (χ3n) is 2.24. The standard InChI is InChI=1S/C12H12BrN3/c13-10-3-1-2-9(6-10)12-7-11(4-5-14)15-8-16-12/h1-3,6-8H,4-5,14H2. The molecular formula is C12H12BrN3. The van der Waals surface area contributed by atoms with Crippen molar-refractivity contribution in [2.75, 3.05) is 6.54 Å². The van der Waals surface area contributed by atoms with Crippen LogP contribution in [0, 0.1) is 0 Å². The molecule has 0 aliphatic carbocycles. The summed E-state index contributed by atoms with van der Waals surface area (Å²) in [7, 11) is 0. The minimum absolute atomic E-state index is 0.606. The Morgan fingerprint density at radius 1 is 1.19 bits per heavy atom. The van der Waals surface area contributed by atoms with Crippen LogP contribution in [0.25, 0.3) is 11.3 Å². The van der Waals surface area contributed by atoms with E-state index in [0.29, 0.717) is 6.54 Å². The van der Waals surface area contributed by atoms with Gasteiger partial charge in [-0.3, -0.25) is 0 Å². The van der Waals surface area contributed by atoms with Crippen LogP contribution in [0.5, 0.6) is 0 Å². The highest BCUT2D eigenvalue weighted by Crippen LogP contribution is 2.21. The molecule has 0 aliphatic rings. The molecule has 0 aliphatic heterocycles. The maximum atomic E-state index is 5.51. The van der Waals surface area contributed by atoms with E-state index in [1.807, 2.05) is 30.3 Å². The van der Waals surface area contributed by atoms with Crippen LogP contribution in [0.2, 0.25) is 0 Å². The monoisotopic (exact) mass is 277 g/mol. The SMILES string of the molecule is NCCc1cc(-c2cccc(Br)c2)ncn1. The molecule has 1 heterocycles. The maximum Gasteiger partial charge on any atom is 0.116 e. The van der Waals surface area contributed by atoms with Crippen molar-refractivity contribution in [3.63, 3.8) is 0 Å². The largest absolute Gasteiger partial charge is 0.330 e. The smallest absolute Gasteiger partial charge is 0.116 e. The molecule has 2 rings (SSSR count). The molecule has 4 heteroatoms. The zero-order valence-electron chi connectivity index (χ0n) is 8.73. The third-order valence-corrected chi connectivity index (χ3v) is 2.74. The minimum Gasteiger partial charge on any atom is -0.330 e. The lowest BCUT2D eigenvalue weighted by Crippen LogP contribution is -2.04. The number of aromatic nitrogens is 2. The van der Waals surface area contributed by atoms with Gasteiger partial charge in [-0.1, -0.05) is 28.1 Å². The molecule has 3 nitrogen and oxygen atoms in total. The number of halogens is 1. The summed E-state index contributed by atoms with van der Waals surface area (Å²) < 4.78 is 1.05. The molecule has 1 aromatic carbocycles. The van der Waals surface area contributed by atoms with Gasteiger partial charge in [0.15, 0.2) is 0 Å². The van der Waals surface area contributed by atoms with Gasteiger partial charge in [-0.05, 0) is 24.7 Å². The van der Waals surface area contributed by atoms with Crippen molar-refractivity contribution in [3.05, 3.63) is 46.8 Å². The van der Waals surface area contributed by atoms with Crippen molar-refractivity contribution in [1.82, 2.24) is 9.97 Å². The van der Waals surface area contributed by atoms with Crippen molar-refractivity contribution >= 4 is 15.9 Å². The van der Waals surface area contributed by atoms with Gasteiger partial charge in [0.05, 0.1) is 5.69 Å². The first-order valence-electron chi connectivity index (χ1n) is 5.06. The molecule has 1 aromatic heterocycles. The molecule has 0 spiro atoms. The van der Waals surface area contributed by atoms with Gasteiger partial charge < -0.3 is 5.73 Å². The lowest BCUT2D eigenvalue weighted by Gasteiger charge is -2.03. The molecule has 0 bridgehead atoms. The van der Waals surface area contributed by atoms with Crippen LogP contribution in [-0.4, -0.2) is 16.5 Å². The highest BCUT2D eigenvalue weighted by molar-refractivity contribution is 9.10. The molecule has 82 valence electrons. The second-order valence-corrected chi connectivity index (χ2v) is 4.36. The van der Waals surface area contributed by atoms with E-state index in [9.17, 15) is 0 Å². The Hall–Kier alpha value is -1.26. The molecule has 0 radical (unpaired) electrons. The summed E-state index contributed by atoms with van der Waals surface area (Å²) in [6.45, 7) is 0.606. The van der Waals surface area contributed by atoms with E-state index < -0.39 is 0 Å². The molecule has 0 atom stereocenters. The zero-order chi connectivity index (χ0) is 11.4. The number of hydrogen-bond donors (Lipinski definition) is 1. The van der Waals surface area contributed by atoms with Gasteiger partial charge in [-0.25, -0.2) is 9.97 Å². The van der Waals surface area contributed by atoms with Crippen LogP contribution in [0.3, 0.4) is 0 Å². The van der Waals surface area contributed by atoms with E-state index in [2.05, 4.69) is 25.9 Å². The van der Waals surface area contributed by atoms with Gasteiger partial charge in [0.25, 0.3) is 0 Å².